The van der Waals surface area contributed by atoms with Gasteiger partial charge in [0.2, 0.25) is 5.89 Å². The highest BCUT2D eigenvalue weighted by Crippen LogP contribution is 2.19. The van der Waals surface area contributed by atoms with Crippen LogP contribution in [0.15, 0.2) is 10.6 Å². The van der Waals surface area contributed by atoms with Crippen LogP contribution in [0.4, 0.5) is 0 Å². The highest BCUT2D eigenvalue weighted by molar-refractivity contribution is 4.94. The Balaban J connectivity index is 1.82. The number of aliphatic hydroxyl groups is 1. The van der Waals surface area contributed by atoms with Gasteiger partial charge >= 0.3 is 0 Å². The van der Waals surface area contributed by atoms with Crippen LogP contribution in [0.5, 0.6) is 0 Å². The summed E-state index contributed by atoms with van der Waals surface area (Å²) in [5.41, 5.74) is 0. The van der Waals surface area contributed by atoms with Gasteiger partial charge in [-0.3, -0.25) is 0 Å². The van der Waals surface area contributed by atoms with E-state index in [4.69, 9.17) is 4.42 Å². The first-order valence-corrected chi connectivity index (χ1v) is 5.64. The van der Waals surface area contributed by atoms with Crippen LogP contribution in [0.25, 0.3) is 0 Å². The van der Waals surface area contributed by atoms with Crippen LogP contribution in [0.2, 0.25) is 0 Å². The van der Waals surface area contributed by atoms with Crippen LogP contribution in [0, 0.1) is 0 Å². The van der Waals surface area contributed by atoms with Crippen LogP contribution < -0.4 is 5.32 Å². The van der Waals surface area contributed by atoms with Crippen molar-refractivity contribution in [1.29, 1.82) is 0 Å². The van der Waals surface area contributed by atoms with Gasteiger partial charge in [-0.25, -0.2) is 4.98 Å². The minimum atomic E-state index is -0.203. The Morgan fingerprint density at radius 3 is 3.07 bits per heavy atom. The summed E-state index contributed by atoms with van der Waals surface area (Å²) in [4.78, 5) is 4.16. The van der Waals surface area contributed by atoms with Crippen molar-refractivity contribution in [2.45, 2.75) is 51.3 Å². The largest absolute Gasteiger partial charge is 0.444 e. The highest BCUT2D eigenvalue weighted by Gasteiger charge is 2.24. The van der Waals surface area contributed by atoms with Gasteiger partial charge in [0.15, 0.2) is 0 Å². The van der Waals surface area contributed by atoms with Crippen molar-refractivity contribution >= 4 is 0 Å². The van der Waals surface area contributed by atoms with Gasteiger partial charge < -0.3 is 14.8 Å². The number of aromatic nitrogens is 1. The van der Waals surface area contributed by atoms with Gasteiger partial charge in [0.25, 0.3) is 0 Å². The van der Waals surface area contributed by atoms with E-state index < -0.39 is 0 Å². The molecule has 0 aliphatic heterocycles. The van der Waals surface area contributed by atoms with E-state index in [0.29, 0.717) is 12.4 Å². The molecule has 0 amide bonds. The van der Waals surface area contributed by atoms with Gasteiger partial charge in [-0.2, -0.15) is 0 Å². The molecule has 2 unspecified atom stereocenters. The Morgan fingerprint density at radius 1 is 1.60 bits per heavy atom. The molecule has 0 spiro atoms. The number of hydrogen-bond acceptors (Lipinski definition) is 4. The Morgan fingerprint density at radius 2 is 2.47 bits per heavy atom. The zero-order valence-electron chi connectivity index (χ0n) is 9.07. The summed E-state index contributed by atoms with van der Waals surface area (Å²) in [6.45, 7) is 2.65. The molecule has 2 N–H and O–H groups in total. The molecule has 1 heterocycles. The van der Waals surface area contributed by atoms with Crippen molar-refractivity contribution in [2.24, 2.45) is 0 Å². The van der Waals surface area contributed by atoms with Gasteiger partial charge in [0.05, 0.1) is 18.8 Å². The molecule has 1 aliphatic rings. The highest BCUT2D eigenvalue weighted by atomic mass is 16.4. The molecule has 4 heteroatoms. The summed E-state index contributed by atoms with van der Waals surface area (Å²) in [6.07, 6.45) is 5.49. The fourth-order valence-corrected chi connectivity index (χ4v) is 1.99. The number of rotatable bonds is 4. The van der Waals surface area contributed by atoms with Crippen LogP contribution in [-0.2, 0) is 13.0 Å². The van der Waals surface area contributed by atoms with E-state index >= 15 is 0 Å². The lowest BCUT2D eigenvalue weighted by molar-refractivity contribution is 0.147. The SMILES string of the molecule is CCc1cnc(CNC2CCCC2O)o1. The monoisotopic (exact) mass is 210 g/mol. The van der Waals surface area contributed by atoms with E-state index in [2.05, 4.69) is 10.3 Å². The van der Waals surface area contributed by atoms with E-state index in [-0.39, 0.29) is 12.1 Å². The average molecular weight is 210 g/mol. The first-order chi connectivity index (χ1) is 7.29. The summed E-state index contributed by atoms with van der Waals surface area (Å²) in [5.74, 6) is 1.63. The van der Waals surface area contributed by atoms with Crippen molar-refractivity contribution in [3.63, 3.8) is 0 Å². The van der Waals surface area contributed by atoms with Crippen molar-refractivity contribution < 1.29 is 9.52 Å². The van der Waals surface area contributed by atoms with E-state index in [1.807, 2.05) is 6.92 Å². The maximum Gasteiger partial charge on any atom is 0.208 e. The minimum absolute atomic E-state index is 0.203. The molecule has 1 aromatic rings. The summed E-state index contributed by atoms with van der Waals surface area (Å²) >= 11 is 0. The molecule has 1 fully saturated rings. The van der Waals surface area contributed by atoms with Crippen LogP contribution in [0.1, 0.15) is 37.8 Å². The first-order valence-electron chi connectivity index (χ1n) is 5.64. The lowest BCUT2D eigenvalue weighted by atomic mass is 10.2. The Bertz CT molecular complexity index is 311. The first kappa shape index (κ1) is 10.6. The number of aryl methyl sites for hydroxylation is 1. The third-order valence-corrected chi connectivity index (χ3v) is 2.94. The van der Waals surface area contributed by atoms with Crippen LogP contribution >= 0.6 is 0 Å². The molecule has 0 bridgehead atoms. The van der Waals surface area contributed by atoms with E-state index in [1.54, 1.807) is 6.20 Å². The van der Waals surface area contributed by atoms with Gasteiger partial charge in [0.1, 0.15) is 5.76 Å². The normalized spacial score (nSPS) is 26.0. The van der Waals surface area contributed by atoms with Gasteiger partial charge in [-0.15, -0.1) is 0 Å². The van der Waals surface area contributed by atoms with E-state index in [9.17, 15) is 5.11 Å². The lowest BCUT2D eigenvalue weighted by Crippen LogP contribution is -2.35. The Hall–Kier alpha value is -0.870. The molecule has 15 heavy (non-hydrogen) atoms. The maximum atomic E-state index is 9.60. The lowest BCUT2D eigenvalue weighted by Gasteiger charge is -2.14. The van der Waals surface area contributed by atoms with Crippen molar-refractivity contribution in [3.05, 3.63) is 17.8 Å². The van der Waals surface area contributed by atoms with Gasteiger partial charge in [0, 0.05) is 12.5 Å². The van der Waals surface area contributed by atoms with E-state index in [0.717, 1.165) is 31.4 Å². The fourth-order valence-electron chi connectivity index (χ4n) is 1.99. The smallest absolute Gasteiger partial charge is 0.208 e. The zero-order chi connectivity index (χ0) is 10.7. The molecule has 1 aromatic heterocycles. The molecule has 0 radical (unpaired) electrons. The molecule has 0 aromatic carbocycles. The fraction of sp³-hybridized carbons (Fsp3) is 0.727. The quantitative estimate of drug-likeness (QED) is 0.785. The third-order valence-electron chi connectivity index (χ3n) is 2.94. The molecule has 4 nitrogen and oxygen atoms in total. The predicted molar refractivity (Wildman–Crippen MR) is 56.4 cm³/mol. The van der Waals surface area contributed by atoms with Gasteiger partial charge in [-0.1, -0.05) is 6.92 Å². The third kappa shape index (κ3) is 2.58. The number of hydrogen-bond donors (Lipinski definition) is 2. The molecule has 84 valence electrons. The number of nitrogens with one attached hydrogen (secondary N) is 1. The van der Waals surface area contributed by atoms with Gasteiger partial charge in [-0.05, 0) is 19.3 Å². The second kappa shape index (κ2) is 4.77. The molecule has 1 aliphatic carbocycles. The number of nitrogens with zero attached hydrogens (tertiary/aromatic N) is 1. The maximum absolute atomic E-state index is 9.60. The molecule has 0 saturated heterocycles. The summed E-state index contributed by atoms with van der Waals surface area (Å²) in [5, 5.41) is 12.9. The molecule has 2 atom stereocenters. The van der Waals surface area contributed by atoms with E-state index in [1.165, 1.54) is 0 Å². The van der Waals surface area contributed by atoms with Crippen molar-refractivity contribution in [1.82, 2.24) is 10.3 Å². The average Bonchev–Trinajstić information content (AvgIpc) is 2.84. The molecule has 2 rings (SSSR count). The summed E-state index contributed by atoms with van der Waals surface area (Å²) in [6, 6.07) is 0.210. The molecule has 1 saturated carbocycles. The minimum Gasteiger partial charge on any atom is -0.444 e. The second-order valence-corrected chi connectivity index (χ2v) is 4.06. The predicted octanol–water partition coefficient (Wildman–Crippen LogP) is 1.24. The Kier molecular flexibility index (Phi) is 3.38. The molecular weight excluding hydrogens is 192 g/mol. The summed E-state index contributed by atoms with van der Waals surface area (Å²) in [7, 11) is 0. The van der Waals surface area contributed by atoms with Crippen molar-refractivity contribution in [3.8, 4) is 0 Å². The van der Waals surface area contributed by atoms with Crippen LogP contribution in [-0.4, -0.2) is 22.2 Å². The number of oxazole rings is 1. The number of aliphatic hydroxyl groups excluding tert-OH is 1. The summed E-state index contributed by atoms with van der Waals surface area (Å²) < 4.78 is 5.47. The van der Waals surface area contributed by atoms with Crippen LogP contribution in [0.3, 0.4) is 0 Å². The topological polar surface area (TPSA) is 58.3 Å². The zero-order valence-corrected chi connectivity index (χ0v) is 9.07. The standard InChI is InChI=1S/C11H18N2O2/c1-2-8-6-13-11(15-8)7-12-9-4-3-5-10(9)14/h6,9-10,12,14H,2-5,7H2,1H3. The van der Waals surface area contributed by atoms with Crippen molar-refractivity contribution in [2.75, 3.05) is 0 Å². The Labute approximate surface area is 89.7 Å². The molecular formula is C11H18N2O2. The second-order valence-electron chi connectivity index (χ2n) is 4.06.